The molecular formula is C22H25I2N3O6S. The highest BCUT2D eigenvalue weighted by Crippen LogP contribution is 2.44. The molecule has 0 unspecified atom stereocenters. The fourth-order valence-electron chi connectivity index (χ4n) is 3.62. The first kappa shape index (κ1) is 25.5. The molecule has 0 saturated carbocycles. The fraction of sp³-hybridized carbons (Fsp3) is 0.455. The maximum absolute atomic E-state index is 12.7. The van der Waals surface area contributed by atoms with Crippen molar-refractivity contribution < 1.29 is 28.6 Å². The van der Waals surface area contributed by atoms with Gasteiger partial charge in [0.1, 0.15) is 22.6 Å². The summed E-state index contributed by atoms with van der Waals surface area (Å²) >= 11 is 0.705. The van der Waals surface area contributed by atoms with Crippen LogP contribution in [0.1, 0.15) is 25.3 Å². The van der Waals surface area contributed by atoms with Crippen LogP contribution in [0, 0.1) is 0 Å². The van der Waals surface area contributed by atoms with Crippen LogP contribution in [0.15, 0.2) is 31.8 Å². The monoisotopic (exact) mass is 713 g/mol. The van der Waals surface area contributed by atoms with Crippen LogP contribution in [-0.2, 0) is 20.9 Å². The molecule has 0 aliphatic carbocycles. The van der Waals surface area contributed by atoms with Crippen LogP contribution in [0.5, 0.6) is 11.5 Å². The summed E-state index contributed by atoms with van der Waals surface area (Å²) in [7, 11) is 3.16. The van der Waals surface area contributed by atoms with Crippen molar-refractivity contribution in [1.29, 1.82) is 0 Å². The van der Waals surface area contributed by atoms with E-state index in [0.29, 0.717) is 31.0 Å². The van der Waals surface area contributed by atoms with Crippen molar-refractivity contribution >= 4 is 66.6 Å². The van der Waals surface area contributed by atoms with Crippen molar-refractivity contribution in [2.45, 2.75) is 32.4 Å². The van der Waals surface area contributed by atoms with Crippen molar-refractivity contribution in [3.63, 3.8) is 0 Å². The number of hydrogen-bond acceptors (Lipinski definition) is 8. The van der Waals surface area contributed by atoms with Gasteiger partial charge in [0, 0.05) is 31.5 Å². The summed E-state index contributed by atoms with van der Waals surface area (Å²) in [5, 5.41) is 0.810. The normalized spacial score (nSPS) is 20.4. The zero-order chi connectivity index (χ0) is 24.2. The average Bonchev–Trinajstić information content (AvgIpc) is 3.10. The minimum atomic E-state index is -0.498. The predicted molar refractivity (Wildman–Crippen MR) is 147 cm³/mol. The summed E-state index contributed by atoms with van der Waals surface area (Å²) in [4.78, 5) is 45.4. The van der Waals surface area contributed by atoms with Gasteiger partial charge in [-0.2, -0.15) is 0 Å². The molecule has 1 fully saturated rings. The number of allylic oxidation sites excluding steroid dienone is 1. The van der Waals surface area contributed by atoms with Gasteiger partial charge in [-0.15, -0.1) is 11.8 Å². The zero-order valence-corrected chi connectivity index (χ0v) is 24.1. The van der Waals surface area contributed by atoms with E-state index in [0.717, 1.165) is 30.2 Å². The Morgan fingerprint density at radius 2 is 2.12 bits per heavy atom. The van der Waals surface area contributed by atoms with Crippen molar-refractivity contribution in [2.75, 3.05) is 33.1 Å². The van der Waals surface area contributed by atoms with Gasteiger partial charge in [-0.3, -0.25) is 14.5 Å². The van der Waals surface area contributed by atoms with Crippen LogP contribution in [0.4, 0.5) is 4.79 Å². The van der Waals surface area contributed by atoms with Crippen LogP contribution in [0.25, 0.3) is 0 Å². The maximum atomic E-state index is 12.7. The second-order valence-electron chi connectivity index (χ2n) is 7.71. The summed E-state index contributed by atoms with van der Waals surface area (Å²) in [6.45, 7) is 2.45. The number of aliphatic imine (C=N–C) groups is 1. The van der Waals surface area contributed by atoms with Crippen LogP contribution in [-0.4, -0.2) is 70.6 Å². The number of amidine groups is 1. The Morgan fingerprint density at radius 3 is 2.85 bits per heavy atom. The number of hydrogen-bond donors (Lipinski definition) is 0. The third kappa shape index (κ3) is 5.80. The van der Waals surface area contributed by atoms with E-state index < -0.39 is 45.4 Å². The van der Waals surface area contributed by atoms with Gasteiger partial charge in [-0.05, 0) is 57.5 Å². The number of cyclic esters (lactones) is 1. The Morgan fingerprint density at radius 1 is 1.29 bits per heavy atom. The van der Waals surface area contributed by atoms with Gasteiger partial charge < -0.3 is 19.1 Å². The molecule has 12 heteroatoms. The molecule has 4 rings (SSSR count). The van der Waals surface area contributed by atoms with Gasteiger partial charge in [0.25, 0.3) is 0 Å². The predicted octanol–water partition coefficient (Wildman–Crippen LogP) is 4.36. The lowest BCUT2D eigenvalue weighted by Gasteiger charge is -2.24. The maximum Gasteiger partial charge on any atom is 0.416 e. The number of rotatable bonds is 6. The molecule has 0 radical (unpaired) electrons. The van der Waals surface area contributed by atoms with Crippen LogP contribution < -0.4 is 9.47 Å². The average molecular weight is 713 g/mol. The number of methoxy groups -OCH3 is 2. The molecular weight excluding hydrogens is 688 g/mol. The number of Topliss-reactive ketones (excluding diaryl/α,β-unsaturated/α-hetero) is 1. The molecule has 3 aliphatic rings. The first-order valence-corrected chi connectivity index (χ1v) is 20.0. The molecule has 3 heterocycles. The molecule has 1 aromatic rings. The van der Waals surface area contributed by atoms with Gasteiger partial charge in [-0.1, -0.05) is 0 Å². The summed E-state index contributed by atoms with van der Waals surface area (Å²) in [5.41, 5.74) is 0.835. The van der Waals surface area contributed by atoms with E-state index in [1.807, 2.05) is 12.1 Å². The SMILES string of the molecule is COc1ccc(CN(C[C@H]2CN(C3=NC4=C(I=I3)C(=O)CCCS4)C(=O)O2)C(C)=O)c(OC)c1. The molecule has 34 heavy (non-hydrogen) atoms. The highest BCUT2D eigenvalue weighted by Gasteiger charge is 2.37. The topological polar surface area (TPSA) is 97.7 Å². The van der Waals surface area contributed by atoms with E-state index >= 15 is 0 Å². The Balaban J connectivity index is 1.46. The molecule has 0 bridgehead atoms. The summed E-state index contributed by atoms with van der Waals surface area (Å²) in [6, 6.07) is 5.46. The van der Waals surface area contributed by atoms with Crippen molar-refractivity contribution in [3.05, 3.63) is 32.4 Å². The van der Waals surface area contributed by atoms with E-state index in [2.05, 4.69) is 0 Å². The highest BCUT2D eigenvalue weighted by atomic mass is 128. The van der Waals surface area contributed by atoms with E-state index in [1.165, 1.54) is 6.92 Å². The number of benzene rings is 1. The summed E-state index contributed by atoms with van der Waals surface area (Å²) in [5.74, 6) is 2.28. The lowest BCUT2D eigenvalue weighted by atomic mass is 10.1. The Labute approximate surface area is 217 Å². The number of ether oxygens (including phenoxy) is 3. The summed E-state index contributed by atoms with van der Waals surface area (Å²) < 4.78 is 18.1. The lowest BCUT2D eigenvalue weighted by molar-refractivity contribution is -0.130. The van der Waals surface area contributed by atoms with Gasteiger partial charge in [0.05, 0.1) is 30.9 Å². The zero-order valence-electron chi connectivity index (χ0n) is 19.0. The summed E-state index contributed by atoms with van der Waals surface area (Å²) in [6.07, 6.45) is 0.599. The number of amides is 2. The smallest absolute Gasteiger partial charge is 0.416 e. The minimum Gasteiger partial charge on any atom is -0.497 e. The first-order valence-electron chi connectivity index (χ1n) is 10.6. The number of halogens is 2. The van der Waals surface area contributed by atoms with Crippen LogP contribution in [0.3, 0.4) is 0 Å². The molecule has 3 aliphatic heterocycles. The highest BCUT2D eigenvalue weighted by molar-refractivity contribution is 14.8. The van der Waals surface area contributed by atoms with E-state index in [4.69, 9.17) is 19.2 Å². The number of nitrogens with zero attached hydrogens (tertiary/aromatic N) is 3. The Kier molecular flexibility index (Phi) is 8.61. The molecule has 0 aromatic heterocycles. The van der Waals surface area contributed by atoms with Gasteiger partial charge in [-0.25, -0.2) is 9.79 Å². The van der Waals surface area contributed by atoms with Gasteiger partial charge >= 0.3 is 6.09 Å². The van der Waals surface area contributed by atoms with E-state index in [1.54, 1.807) is 41.8 Å². The molecule has 1 atom stereocenters. The minimum absolute atomic E-state index is 0.121. The standard InChI is InChI=1S/C22H25I2N3O6S/c1-13(28)26(10-14-6-7-15(31-2)9-18(14)32-3)11-16-12-27(22(30)33-16)21-24-23-19-17(29)5-4-8-34-20(19)25-21/h6-7,9,16H,4-5,8,10-12H2,1-3H3/t16-/m0/s1. The molecule has 1 saturated heterocycles. The van der Waals surface area contributed by atoms with Crippen molar-refractivity contribution in [2.24, 2.45) is 4.99 Å². The third-order valence-electron chi connectivity index (χ3n) is 5.41. The fourth-order valence-corrected chi connectivity index (χ4v) is 15.9. The third-order valence-corrected chi connectivity index (χ3v) is 16.3. The van der Waals surface area contributed by atoms with Gasteiger partial charge in [0.15, 0.2) is 9.63 Å². The van der Waals surface area contributed by atoms with E-state index in [-0.39, 0.29) is 18.2 Å². The first-order chi connectivity index (χ1) is 16.4. The largest absolute Gasteiger partial charge is 0.497 e. The number of ketones is 1. The molecule has 0 N–H and O–H groups in total. The van der Waals surface area contributed by atoms with Crippen molar-refractivity contribution in [1.82, 2.24) is 9.80 Å². The molecule has 184 valence electrons. The Hall–Kier alpha value is -1.55. The van der Waals surface area contributed by atoms with Crippen LogP contribution in [0.2, 0.25) is 0 Å². The number of carbonyl (C=O) groups is 3. The molecule has 0 spiro atoms. The second kappa shape index (κ2) is 11.5. The second-order valence-corrected chi connectivity index (χ2v) is 17.1. The number of carbonyl (C=O) groups excluding carboxylic acids is 3. The Bertz CT molecular complexity index is 1110. The molecule has 2 amide bonds. The molecule has 9 nitrogen and oxygen atoms in total. The number of thioether (sulfide) groups is 1. The molecule has 1 aromatic carbocycles. The van der Waals surface area contributed by atoms with Crippen LogP contribution >= 0.6 is 44.9 Å². The van der Waals surface area contributed by atoms with Gasteiger partial charge in [0.2, 0.25) is 5.91 Å². The van der Waals surface area contributed by atoms with E-state index in [9.17, 15) is 14.4 Å². The quantitative estimate of drug-likeness (QED) is 0.320. The lowest BCUT2D eigenvalue weighted by Crippen LogP contribution is -2.38. The van der Waals surface area contributed by atoms with Crippen molar-refractivity contribution in [3.8, 4) is 11.5 Å².